The topological polar surface area (TPSA) is 24.1 Å². The monoisotopic (exact) mass is 236 g/mol. The lowest BCUT2D eigenvalue weighted by molar-refractivity contribution is 0.573. The molecule has 0 aliphatic heterocycles. The van der Waals surface area contributed by atoms with Gasteiger partial charge in [-0.05, 0) is 49.7 Å². The Labute approximate surface area is 103 Å². The molecule has 0 aromatic heterocycles. The highest BCUT2D eigenvalue weighted by molar-refractivity contribution is 7.80. The Kier molecular flexibility index (Phi) is 5.26. The fourth-order valence-corrected chi connectivity index (χ4v) is 1.85. The molecule has 0 aliphatic carbocycles. The quantitative estimate of drug-likeness (QED) is 0.783. The Bertz CT molecular complexity index is 346. The lowest BCUT2D eigenvalue weighted by atomic mass is 10.2. The van der Waals surface area contributed by atoms with Gasteiger partial charge in [-0.2, -0.15) is 0 Å². The molecule has 0 atom stereocenters. The van der Waals surface area contributed by atoms with Gasteiger partial charge in [0.1, 0.15) is 0 Å². The van der Waals surface area contributed by atoms with E-state index in [0.29, 0.717) is 11.2 Å². The number of rotatable bonds is 4. The van der Waals surface area contributed by atoms with E-state index >= 15 is 0 Å². The van der Waals surface area contributed by atoms with Crippen molar-refractivity contribution in [3.63, 3.8) is 0 Å². The molecule has 0 saturated heterocycles. The molecule has 1 aromatic carbocycles. The Hall–Kier alpha value is -1.09. The second-order valence-corrected chi connectivity index (χ2v) is 4.39. The molecule has 2 N–H and O–H groups in total. The van der Waals surface area contributed by atoms with E-state index in [-0.39, 0.29) is 0 Å². The molecule has 1 rings (SSSR count). The van der Waals surface area contributed by atoms with Gasteiger partial charge in [-0.15, -0.1) is 0 Å². The van der Waals surface area contributed by atoms with Crippen molar-refractivity contribution < 1.29 is 0 Å². The van der Waals surface area contributed by atoms with Crippen LogP contribution in [0.5, 0.6) is 0 Å². The first-order valence-electron chi connectivity index (χ1n) is 5.79. The van der Waals surface area contributed by atoms with E-state index in [4.69, 9.17) is 12.2 Å². The Morgan fingerprint density at radius 3 is 2.56 bits per heavy atom. The zero-order chi connectivity index (χ0) is 12.0. The van der Waals surface area contributed by atoms with Crippen molar-refractivity contribution >= 4 is 23.0 Å². The maximum absolute atomic E-state index is 5.27. The van der Waals surface area contributed by atoms with Crippen LogP contribution in [-0.4, -0.2) is 11.2 Å². The van der Waals surface area contributed by atoms with Gasteiger partial charge >= 0.3 is 0 Å². The van der Waals surface area contributed by atoms with Gasteiger partial charge in [0.25, 0.3) is 0 Å². The fraction of sp³-hybridized carbons (Fsp3) is 0.462. The predicted molar refractivity (Wildman–Crippen MR) is 74.9 cm³/mol. The SMILES string of the molecule is CCC(CC)NC(=S)Nc1cccc(C)c1. The van der Waals surface area contributed by atoms with Crippen molar-refractivity contribution in [2.24, 2.45) is 0 Å². The maximum Gasteiger partial charge on any atom is 0.170 e. The summed E-state index contributed by atoms with van der Waals surface area (Å²) in [4.78, 5) is 0. The number of anilines is 1. The van der Waals surface area contributed by atoms with E-state index in [1.54, 1.807) is 0 Å². The van der Waals surface area contributed by atoms with Gasteiger partial charge in [-0.3, -0.25) is 0 Å². The smallest absolute Gasteiger partial charge is 0.170 e. The van der Waals surface area contributed by atoms with E-state index in [2.05, 4.69) is 43.5 Å². The molecule has 0 bridgehead atoms. The zero-order valence-electron chi connectivity index (χ0n) is 10.2. The summed E-state index contributed by atoms with van der Waals surface area (Å²) < 4.78 is 0. The molecule has 0 saturated carbocycles. The largest absolute Gasteiger partial charge is 0.360 e. The summed E-state index contributed by atoms with van der Waals surface area (Å²) in [6, 6.07) is 8.67. The third-order valence-corrected chi connectivity index (χ3v) is 2.82. The highest BCUT2D eigenvalue weighted by Gasteiger charge is 2.04. The summed E-state index contributed by atoms with van der Waals surface area (Å²) in [5.41, 5.74) is 2.28. The summed E-state index contributed by atoms with van der Waals surface area (Å²) in [5.74, 6) is 0. The third-order valence-electron chi connectivity index (χ3n) is 2.60. The number of benzene rings is 1. The van der Waals surface area contributed by atoms with Gasteiger partial charge in [-0.25, -0.2) is 0 Å². The number of hydrogen-bond acceptors (Lipinski definition) is 1. The van der Waals surface area contributed by atoms with Crippen LogP contribution in [0.4, 0.5) is 5.69 Å². The predicted octanol–water partition coefficient (Wildman–Crippen LogP) is 3.47. The van der Waals surface area contributed by atoms with Crippen LogP contribution in [0.15, 0.2) is 24.3 Å². The average Bonchev–Trinajstić information content (AvgIpc) is 2.26. The fourth-order valence-electron chi connectivity index (χ4n) is 1.57. The van der Waals surface area contributed by atoms with Gasteiger partial charge in [0.05, 0.1) is 0 Å². The molecular weight excluding hydrogens is 216 g/mol. The summed E-state index contributed by atoms with van der Waals surface area (Å²) in [7, 11) is 0. The molecule has 0 radical (unpaired) electrons. The van der Waals surface area contributed by atoms with Crippen molar-refractivity contribution in [3.8, 4) is 0 Å². The minimum atomic E-state index is 0.463. The maximum atomic E-state index is 5.27. The zero-order valence-corrected chi connectivity index (χ0v) is 11.0. The second-order valence-electron chi connectivity index (χ2n) is 3.98. The van der Waals surface area contributed by atoms with Crippen LogP contribution < -0.4 is 10.6 Å². The summed E-state index contributed by atoms with van der Waals surface area (Å²) in [5, 5.41) is 7.21. The first-order valence-corrected chi connectivity index (χ1v) is 6.20. The van der Waals surface area contributed by atoms with E-state index in [1.165, 1.54) is 5.56 Å². The van der Waals surface area contributed by atoms with E-state index < -0.39 is 0 Å². The number of nitrogens with one attached hydrogen (secondary N) is 2. The highest BCUT2D eigenvalue weighted by Crippen LogP contribution is 2.09. The van der Waals surface area contributed by atoms with E-state index in [0.717, 1.165) is 18.5 Å². The molecule has 2 nitrogen and oxygen atoms in total. The summed E-state index contributed by atoms with van der Waals surface area (Å²) in [6.45, 7) is 6.40. The molecule has 1 aromatic rings. The molecular formula is C13H20N2S. The van der Waals surface area contributed by atoms with Crippen molar-refractivity contribution in [3.05, 3.63) is 29.8 Å². The molecule has 16 heavy (non-hydrogen) atoms. The standard InChI is InChI=1S/C13H20N2S/c1-4-11(5-2)14-13(16)15-12-8-6-7-10(3)9-12/h6-9,11H,4-5H2,1-3H3,(H2,14,15,16). The minimum Gasteiger partial charge on any atom is -0.360 e. The minimum absolute atomic E-state index is 0.463. The molecule has 0 fully saturated rings. The lowest BCUT2D eigenvalue weighted by Gasteiger charge is -2.17. The van der Waals surface area contributed by atoms with Crippen LogP contribution in [-0.2, 0) is 0 Å². The van der Waals surface area contributed by atoms with Crippen molar-refractivity contribution in [2.75, 3.05) is 5.32 Å². The molecule has 0 aliphatic rings. The molecule has 0 unspecified atom stereocenters. The first kappa shape index (κ1) is 13.0. The molecule has 0 amide bonds. The van der Waals surface area contributed by atoms with Gasteiger partial charge in [-0.1, -0.05) is 26.0 Å². The first-order chi connectivity index (χ1) is 7.65. The Balaban J connectivity index is 2.51. The molecule has 0 heterocycles. The Morgan fingerprint density at radius 1 is 1.31 bits per heavy atom. The average molecular weight is 236 g/mol. The van der Waals surface area contributed by atoms with Gasteiger partial charge in [0, 0.05) is 11.7 Å². The van der Waals surface area contributed by atoms with Gasteiger partial charge in [0.15, 0.2) is 5.11 Å². The van der Waals surface area contributed by atoms with Crippen LogP contribution in [0.25, 0.3) is 0 Å². The van der Waals surface area contributed by atoms with Crippen LogP contribution in [0.3, 0.4) is 0 Å². The second kappa shape index (κ2) is 6.48. The number of thiocarbonyl (C=S) groups is 1. The van der Waals surface area contributed by atoms with Gasteiger partial charge in [0.2, 0.25) is 0 Å². The summed E-state index contributed by atoms with van der Waals surface area (Å²) >= 11 is 5.27. The van der Waals surface area contributed by atoms with Crippen LogP contribution >= 0.6 is 12.2 Å². The van der Waals surface area contributed by atoms with E-state index in [1.807, 2.05) is 12.1 Å². The molecule has 3 heteroatoms. The molecule has 0 spiro atoms. The Morgan fingerprint density at radius 2 is 2.00 bits per heavy atom. The van der Waals surface area contributed by atoms with Crippen LogP contribution in [0.2, 0.25) is 0 Å². The van der Waals surface area contributed by atoms with Crippen LogP contribution in [0.1, 0.15) is 32.3 Å². The van der Waals surface area contributed by atoms with E-state index in [9.17, 15) is 0 Å². The number of hydrogen-bond donors (Lipinski definition) is 2. The summed E-state index contributed by atoms with van der Waals surface area (Å²) in [6.07, 6.45) is 2.18. The number of aryl methyl sites for hydroxylation is 1. The lowest BCUT2D eigenvalue weighted by Crippen LogP contribution is -2.36. The molecule has 88 valence electrons. The van der Waals surface area contributed by atoms with Crippen molar-refractivity contribution in [2.45, 2.75) is 39.7 Å². The van der Waals surface area contributed by atoms with Crippen molar-refractivity contribution in [1.82, 2.24) is 5.32 Å². The highest BCUT2D eigenvalue weighted by atomic mass is 32.1. The normalized spacial score (nSPS) is 10.2. The third kappa shape index (κ3) is 4.19. The van der Waals surface area contributed by atoms with Gasteiger partial charge < -0.3 is 10.6 Å². The van der Waals surface area contributed by atoms with Crippen LogP contribution in [0, 0.1) is 6.92 Å². The van der Waals surface area contributed by atoms with Crippen molar-refractivity contribution in [1.29, 1.82) is 0 Å².